The van der Waals surface area contributed by atoms with Crippen molar-refractivity contribution in [2.24, 2.45) is 0 Å². The van der Waals surface area contributed by atoms with Gasteiger partial charge in [-0.15, -0.1) is 10.2 Å². The quantitative estimate of drug-likeness (QED) is 0.842. The van der Waals surface area contributed by atoms with Gasteiger partial charge in [-0.05, 0) is 31.0 Å². The summed E-state index contributed by atoms with van der Waals surface area (Å²) < 4.78 is 5.38. The number of benzene rings is 1. The maximum absolute atomic E-state index is 12.1. The Hall–Kier alpha value is -3.39. The number of nitrogens with one attached hydrogen (secondary N) is 1. The first kappa shape index (κ1) is 15.5. The standard InChI is InChI=1S/C16H14N6O2/c17-8-11-3-1-4-12(7-11)15-20-21-16(24-15)14(23)19-9-13-5-2-6-22(13)10-18/h1,3-4,7,13H,2,5-6,9H2,(H,19,23)/t13-/m1/s1. The summed E-state index contributed by atoms with van der Waals surface area (Å²) in [5.74, 6) is -0.444. The monoisotopic (exact) mass is 322 g/mol. The molecule has 24 heavy (non-hydrogen) atoms. The molecule has 0 bridgehead atoms. The first-order chi connectivity index (χ1) is 11.7. The van der Waals surface area contributed by atoms with Crippen LogP contribution in [0.4, 0.5) is 0 Å². The van der Waals surface area contributed by atoms with Crippen molar-refractivity contribution in [2.45, 2.75) is 18.9 Å². The Morgan fingerprint density at radius 2 is 2.29 bits per heavy atom. The molecule has 0 aliphatic carbocycles. The fourth-order valence-corrected chi connectivity index (χ4v) is 2.62. The molecule has 0 spiro atoms. The summed E-state index contributed by atoms with van der Waals surface area (Å²) in [7, 11) is 0. The molecule has 2 heterocycles. The number of carbonyl (C=O) groups excluding carboxylic acids is 1. The van der Waals surface area contributed by atoms with Gasteiger partial charge in [-0.3, -0.25) is 4.79 Å². The number of hydrogen-bond donors (Lipinski definition) is 1. The zero-order valence-corrected chi connectivity index (χ0v) is 12.8. The molecule has 8 nitrogen and oxygen atoms in total. The van der Waals surface area contributed by atoms with Crippen molar-refractivity contribution in [3.63, 3.8) is 0 Å². The number of carbonyl (C=O) groups is 1. The summed E-state index contributed by atoms with van der Waals surface area (Å²) in [6.45, 7) is 1.07. The molecule has 8 heteroatoms. The maximum atomic E-state index is 12.1. The average molecular weight is 322 g/mol. The van der Waals surface area contributed by atoms with Gasteiger partial charge >= 0.3 is 11.8 Å². The van der Waals surface area contributed by atoms with Crippen LogP contribution in [0.25, 0.3) is 11.5 Å². The van der Waals surface area contributed by atoms with Crippen LogP contribution in [-0.2, 0) is 0 Å². The summed E-state index contributed by atoms with van der Waals surface area (Å²) in [6, 6.07) is 8.73. The van der Waals surface area contributed by atoms with Crippen LogP contribution in [0.15, 0.2) is 28.7 Å². The molecule has 3 rings (SSSR count). The molecule has 1 aliphatic rings. The van der Waals surface area contributed by atoms with Gasteiger partial charge in [0.15, 0.2) is 6.19 Å². The molecule has 1 saturated heterocycles. The largest absolute Gasteiger partial charge is 0.412 e. The van der Waals surface area contributed by atoms with Crippen LogP contribution < -0.4 is 5.32 Å². The van der Waals surface area contributed by atoms with Gasteiger partial charge in [0, 0.05) is 18.7 Å². The Balaban J connectivity index is 1.66. The summed E-state index contributed by atoms with van der Waals surface area (Å²) in [6.07, 6.45) is 3.92. The van der Waals surface area contributed by atoms with E-state index >= 15 is 0 Å². The topological polar surface area (TPSA) is 119 Å². The first-order valence-electron chi connectivity index (χ1n) is 7.50. The lowest BCUT2D eigenvalue weighted by molar-refractivity contribution is 0.0911. The van der Waals surface area contributed by atoms with Crippen LogP contribution in [0.3, 0.4) is 0 Å². The molecule has 0 saturated carbocycles. The fourth-order valence-electron chi connectivity index (χ4n) is 2.62. The molecular formula is C16H14N6O2. The third-order valence-electron chi connectivity index (χ3n) is 3.86. The van der Waals surface area contributed by atoms with Gasteiger partial charge < -0.3 is 14.6 Å². The average Bonchev–Trinajstić information content (AvgIpc) is 3.28. The summed E-state index contributed by atoms with van der Waals surface area (Å²) in [5.41, 5.74) is 1.04. The van der Waals surface area contributed by atoms with E-state index in [1.165, 1.54) is 0 Å². The van der Waals surface area contributed by atoms with Gasteiger partial charge in [0.25, 0.3) is 0 Å². The Labute approximate surface area is 138 Å². The van der Waals surface area contributed by atoms with Crippen LogP contribution >= 0.6 is 0 Å². The normalized spacial score (nSPS) is 16.4. The van der Waals surface area contributed by atoms with Gasteiger partial charge in [0.1, 0.15) is 0 Å². The van der Waals surface area contributed by atoms with E-state index < -0.39 is 5.91 Å². The van der Waals surface area contributed by atoms with Crippen LogP contribution in [0, 0.1) is 22.8 Å². The van der Waals surface area contributed by atoms with Crippen molar-refractivity contribution in [3.05, 3.63) is 35.7 Å². The Kier molecular flexibility index (Phi) is 4.39. The second-order valence-electron chi connectivity index (χ2n) is 5.40. The fraction of sp³-hybridized carbons (Fsp3) is 0.312. The van der Waals surface area contributed by atoms with Gasteiger partial charge in [0.05, 0.1) is 17.7 Å². The molecule has 0 radical (unpaired) electrons. The van der Waals surface area contributed by atoms with Crippen LogP contribution in [0.2, 0.25) is 0 Å². The van der Waals surface area contributed by atoms with Gasteiger partial charge in [-0.1, -0.05) is 6.07 Å². The molecule has 1 aromatic carbocycles. The number of likely N-dealkylation sites (tertiary alicyclic amines) is 1. The smallest absolute Gasteiger partial charge is 0.308 e. The molecular weight excluding hydrogens is 308 g/mol. The van der Waals surface area contributed by atoms with Crippen molar-refractivity contribution in [1.82, 2.24) is 20.4 Å². The van der Waals surface area contributed by atoms with Crippen LogP contribution in [-0.4, -0.2) is 40.1 Å². The SMILES string of the molecule is N#Cc1cccc(-c2nnc(C(=O)NC[C@H]3CCCN3C#N)o2)c1. The van der Waals surface area contributed by atoms with Gasteiger partial charge in [0.2, 0.25) is 5.89 Å². The van der Waals surface area contributed by atoms with Crippen molar-refractivity contribution < 1.29 is 9.21 Å². The number of amides is 1. The van der Waals surface area contributed by atoms with Crippen molar-refractivity contribution in [2.75, 3.05) is 13.1 Å². The molecule has 1 atom stereocenters. The molecule has 120 valence electrons. The number of nitriles is 2. The number of hydrogen-bond acceptors (Lipinski definition) is 7. The lowest BCUT2D eigenvalue weighted by Crippen LogP contribution is -2.38. The lowest BCUT2D eigenvalue weighted by atomic mass is 10.1. The van der Waals surface area contributed by atoms with E-state index in [0.29, 0.717) is 17.7 Å². The molecule has 1 fully saturated rings. The number of rotatable bonds is 4. The number of aromatic nitrogens is 2. The maximum Gasteiger partial charge on any atom is 0.308 e. The summed E-state index contributed by atoms with van der Waals surface area (Å²) in [4.78, 5) is 13.8. The first-order valence-corrected chi connectivity index (χ1v) is 7.50. The summed E-state index contributed by atoms with van der Waals surface area (Å²) >= 11 is 0. The van der Waals surface area contributed by atoms with Crippen molar-refractivity contribution in [1.29, 1.82) is 10.5 Å². The van der Waals surface area contributed by atoms with E-state index in [0.717, 1.165) is 19.4 Å². The second kappa shape index (κ2) is 6.80. The zero-order valence-electron chi connectivity index (χ0n) is 12.8. The third kappa shape index (κ3) is 3.18. The zero-order chi connectivity index (χ0) is 16.9. The molecule has 1 N–H and O–H groups in total. The van der Waals surface area contributed by atoms with Crippen molar-refractivity contribution >= 4 is 5.91 Å². The Bertz CT molecular complexity index is 832. The molecule has 2 aromatic rings. The second-order valence-corrected chi connectivity index (χ2v) is 5.40. The minimum absolute atomic E-state index is 0.00801. The Morgan fingerprint density at radius 3 is 3.08 bits per heavy atom. The van der Waals surface area contributed by atoms with Gasteiger partial charge in [-0.25, -0.2) is 0 Å². The third-order valence-corrected chi connectivity index (χ3v) is 3.86. The lowest BCUT2D eigenvalue weighted by Gasteiger charge is -2.17. The highest BCUT2D eigenvalue weighted by Gasteiger charge is 2.25. The van der Waals surface area contributed by atoms with Crippen LogP contribution in [0.1, 0.15) is 29.1 Å². The van der Waals surface area contributed by atoms with Crippen LogP contribution in [0.5, 0.6) is 0 Å². The minimum atomic E-state index is -0.477. The molecule has 1 aliphatic heterocycles. The highest BCUT2D eigenvalue weighted by Crippen LogP contribution is 2.19. The molecule has 1 amide bonds. The van der Waals surface area contributed by atoms with E-state index in [4.69, 9.17) is 14.9 Å². The number of nitrogens with zero attached hydrogens (tertiary/aromatic N) is 5. The summed E-state index contributed by atoms with van der Waals surface area (Å²) in [5, 5.41) is 28.2. The van der Waals surface area contributed by atoms with E-state index in [1.54, 1.807) is 29.2 Å². The minimum Gasteiger partial charge on any atom is -0.412 e. The van der Waals surface area contributed by atoms with E-state index in [2.05, 4.69) is 21.7 Å². The van der Waals surface area contributed by atoms with E-state index in [-0.39, 0.29) is 17.8 Å². The van der Waals surface area contributed by atoms with E-state index in [9.17, 15) is 4.79 Å². The predicted molar refractivity (Wildman–Crippen MR) is 82.1 cm³/mol. The highest BCUT2D eigenvalue weighted by molar-refractivity contribution is 5.89. The van der Waals surface area contributed by atoms with E-state index in [1.807, 2.05) is 6.07 Å². The predicted octanol–water partition coefficient (Wildman–Crippen LogP) is 1.28. The molecule has 0 unspecified atom stereocenters. The van der Waals surface area contributed by atoms with Crippen molar-refractivity contribution in [3.8, 4) is 23.7 Å². The van der Waals surface area contributed by atoms with Gasteiger partial charge in [-0.2, -0.15) is 10.5 Å². The Morgan fingerprint density at radius 1 is 1.42 bits per heavy atom. The highest BCUT2D eigenvalue weighted by atomic mass is 16.4. The molecule has 1 aromatic heterocycles.